The third-order valence-corrected chi connectivity index (χ3v) is 1.91. The van der Waals surface area contributed by atoms with E-state index >= 15 is 0 Å². The maximum Gasteiger partial charge on any atom is 0.323 e. The van der Waals surface area contributed by atoms with Crippen molar-refractivity contribution in [3.63, 3.8) is 0 Å². The van der Waals surface area contributed by atoms with Crippen LogP contribution in [0.15, 0.2) is 0 Å². The summed E-state index contributed by atoms with van der Waals surface area (Å²) in [6, 6.07) is -0.440. The molecule has 2 atom stereocenters. The molecule has 0 aliphatic carbocycles. The van der Waals surface area contributed by atoms with Crippen LogP contribution in [-0.4, -0.2) is 18.1 Å². The normalized spacial score (nSPS) is 15.1. The Hall–Kier alpha value is -0.570. The van der Waals surface area contributed by atoms with E-state index in [2.05, 4.69) is 6.92 Å². The Morgan fingerprint density at radius 3 is 2.31 bits per heavy atom. The molecule has 0 bridgehead atoms. The zero-order valence-electron chi connectivity index (χ0n) is 8.88. The molecule has 0 rings (SSSR count). The molecule has 0 saturated heterocycles. The van der Waals surface area contributed by atoms with E-state index in [1.165, 1.54) is 0 Å². The molecule has 0 amide bonds. The van der Waals surface area contributed by atoms with Gasteiger partial charge in [-0.3, -0.25) is 4.79 Å². The molecule has 2 N–H and O–H groups in total. The van der Waals surface area contributed by atoms with Crippen molar-refractivity contribution in [2.24, 2.45) is 5.73 Å². The monoisotopic (exact) mass is 187 g/mol. The van der Waals surface area contributed by atoms with Gasteiger partial charge in [-0.05, 0) is 19.8 Å². The summed E-state index contributed by atoms with van der Waals surface area (Å²) in [4.78, 5) is 11.3. The minimum absolute atomic E-state index is 0.000376. The van der Waals surface area contributed by atoms with Crippen LogP contribution in [0.3, 0.4) is 0 Å². The number of hydrogen-bond acceptors (Lipinski definition) is 3. The fraction of sp³-hybridized carbons (Fsp3) is 0.900. The first-order valence-corrected chi connectivity index (χ1v) is 5.07. The number of esters is 1. The zero-order valence-corrected chi connectivity index (χ0v) is 8.88. The highest BCUT2D eigenvalue weighted by atomic mass is 16.5. The van der Waals surface area contributed by atoms with Crippen LogP contribution in [-0.2, 0) is 9.53 Å². The van der Waals surface area contributed by atoms with Crippen molar-refractivity contribution in [2.45, 2.75) is 58.6 Å². The predicted octanol–water partition coefficient (Wildman–Crippen LogP) is 1.85. The van der Waals surface area contributed by atoms with Crippen molar-refractivity contribution in [3.05, 3.63) is 0 Å². The first kappa shape index (κ1) is 12.4. The topological polar surface area (TPSA) is 52.3 Å². The molecule has 3 heteroatoms. The highest BCUT2D eigenvalue weighted by Gasteiger charge is 2.16. The quantitative estimate of drug-likeness (QED) is 0.645. The number of ether oxygens (including phenoxy) is 1. The summed E-state index contributed by atoms with van der Waals surface area (Å²) in [7, 11) is 0. The average Bonchev–Trinajstić information content (AvgIpc) is 2.05. The predicted molar refractivity (Wildman–Crippen MR) is 53.3 cm³/mol. The second kappa shape index (κ2) is 6.89. The summed E-state index contributed by atoms with van der Waals surface area (Å²) < 4.78 is 5.14. The summed E-state index contributed by atoms with van der Waals surface area (Å²) >= 11 is 0. The van der Waals surface area contributed by atoms with Gasteiger partial charge in [-0.2, -0.15) is 0 Å². The van der Waals surface area contributed by atoms with E-state index in [4.69, 9.17) is 10.5 Å². The Kier molecular flexibility index (Phi) is 6.59. The van der Waals surface area contributed by atoms with Gasteiger partial charge < -0.3 is 10.5 Å². The number of rotatable bonds is 6. The molecule has 0 spiro atoms. The molecule has 0 aromatic rings. The van der Waals surface area contributed by atoms with Crippen LogP contribution in [0.25, 0.3) is 0 Å². The van der Waals surface area contributed by atoms with E-state index in [1.54, 1.807) is 0 Å². The number of carbonyl (C=O) groups excluding carboxylic acids is 1. The van der Waals surface area contributed by atoms with E-state index < -0.39 is 6.04 Å². The highest BCUT2D eigenvalue weighted by molar-refractivity contribution is 5.75. The lowest BCUT2D eigenvalue weighted by atomic mass is 10.2. The molecule has 0 fully saturated rings. The lowest BCUT2D eigenvalue weighted by molar-refractivity contribution is -0.150. The Morgan fingerprint density at radius 2 is 1.85 bits per heavy atom. The number of hydrogen-bond donors (Lipinski definition) is 1. The summed E-state index contributed by atoms with van der Waals surface area (Å²) in [6.07, 6.45) is 3.55. The molecule has 78 valence electrons. The van der Waals surface area contributed by atoms with E-state index in [1.807, 2.05) is 13.8 Å². The smallest absolute Gasteiger partial charge is 0.323 e. The minimum Gasteiger partial charge on any atom is -0.462 e. The summed E-state index contributed by atoms with van der Waals surface area (Å²) in [6.45, 7) is 5.97. The van der Waals surface area contributed by atoms with Crippen LogP contribution in [0, 0.1) is 0 Å². The number of carbonyl (C=O) groups is 1. The van der Waals surface area contributed by atoms with Gasteiger partial charge >= 0.3 is 5.97 Å². The van der Waals surface area contributed by atoms with Crippen molar-refractivity contribution in [1.82, 2.24) is 0 Å². The largest absolute Gasteiger partial charge is 0.462 e. The second-order valence-corrected chi connectivity index (χ2v) is 3.43. The van der Waals surface area contributed by atoms with Crippen LogP contribution < -0.4 is 5.73 Å². The summed E-state index contributed by atoms with van der Waals surface area (Å²) in [5.74, 6) is -0.261. The van der Waals surface area contributed by atoms with Crippen molar-refractivity contribution in [3.8, 4) is 0 Å². The average molecular weight is 187 g/mol. The van der Waals surface area contributed by atoms with Crippen molar-refractivity contribution in [2.75, 3.05) is 0 Å². The van der Waals surface area contributed by atoms with Crippen molar-refractivity contribution in [1.29, 1.82) is 0 Å². The van der Waals surface area contributed by atoms with Gasteiger partial charge in [-0.15, -0.1) is 0 Å². The Morgan fingerprint density at radius 1 is 1.31 bits per heavy atom. The molecule has 0 saturated carbocycles. The van der Waals surface area contributed by atoms with E-state index in [0.717, 1.165) is 19.3 Å². The van der Waals surface area contributed by atoms with Gasteiger partial charge in [0.25, 0.3) is 0 Å². The molecule has 0 aromatic heterocycles. The van der Waals surface area contributed by atoms with Gasteiger partial charge in [-0.25, -0.2) is 0 Å². The number of nitrogens with two attached hydrogens (primary N) is 1. The fourth-order valence-corrected chi connectivity index (χ4v) is 1.18. The SMILES string of the molecule is CCCC(C)OC(=O)[C@H](N)CCC. The van der Waals surface area contributed by atoms with Gasteiger partial charge in [0.05, 0.1) is 6.10 Å². The van der Waals surface area contributed by atoms with Gasteiger partial charge in [0.15, 0.2) is 0 Å². The van der Waals surface area contributed by atoms with E-state index in [9.17, 15) is 4.79 Å². The third kappa shape index (κ3) is 5.64. The van der Waals surface area contributed by atoms with Gasteiger partial charge in [0.1, 0.15) is 6.04 Å². The molecule has 0 heterocycles. The molecule has 0 aliphatic rings. The molecule has 1 unspecified atom stereocenters. The zero-order chi connectivity index (χ0) is 10.3. The molecular formula is C10H21NO2. The molecule has 0 radical (unpaired) electrons. The van der Waals surface area contributed by atoms with E-state index in [0.29, 0.717) is 6.42 Å². The highest BCUT2D eigenvalue weighted by Crippen LogP contribution is 2.04. The van der Waals surface area contributed by atoms with Crippen molar-refractivity contribution < 1.29 is 9.53 Å². The Balaban J connectivity index is 3.71. The lowest BCUT2D eigenvalue weighted by Gasteiger charge is -2.15. The van der Waals surface area contributed by atoms with Crippen molar-refractivity contribution >= 4 is 5.97 Å². The summed E-state index contributed by atoms with van der Waals surface area (Å²) in [5.41, 5.74) is 5.60. The van der Waals surface area contributed by atoms with Crippen LogP contribution in [0.1, 0.15) is 46.5 Å². The third-order valence-electron chi connectivity index (χ3n) is 1.91. The summed E-state index contributed by atoms with van der Waals surface area (Å²) in [5, 5.41) is 0. The fourth-order valence-electron chi connectivity index (χ4n) is 1.18. The Bertz CT molecular complexity index is 148. The van der Waals surface area contributed by atoms with Gasteiger partial charge in [-0.1, -0.05) is 26.7 Å². The maximum absolute atomic E-state index is 11.3. The lowest BCUT2D eigenvalue weighted by Crippen LogP contribution is -2.34. The van der Waals surface area contributed by atoms with Gasteiger partial charge in [0, 0.05) is 0 Å². The first-order chi connectivity index (χ1) is 6.11. The Labute approximate surface area is 80.6 Å². The van der Waals surface area contributed by atoms with Crippen LogP contribution in [0.2, 0.25) is 0 Å². The second-order valence-electron chi connectivity index (χ2n) is 3.43. The standard InChI is InChI=1S/C10H21NO2/c1-4-6-8(3)13-10(12)9(11)7-5-2/h8-9H,4-7,11H2,1-3H3/t8?,9-/m1/s1. The van der Waals surface area contributed by atoms with Crippen LogP contribution >= 0.6 is 0 Å². The maximum atomic E-state index is 11.3. The minimum atomic E-state index is -0.440. The molecular weight excluding hydrogens is 166 g/mol. The van der Waals surface area contributed by atoms with Gasteiger partial charge in [0.2, 0.25) is 0 Å². The molecule has 13 heavy (non-hydrogen) atoms. The molecule has 3 nitrogen and oxygen atoms in total. The molecule has 0 aliphatic heterocycles. The first-order valence-electron chi connectivity index (χ1n) is 5.07. The van der Waals surface area contributed by atoms with E-state index in [-0.39, 0.29) is 12.1 Å². The van der Waals surface area contributed by atoms with Crippen LogP contribution in [0.4, 0.5) is 0 Å². The van der Waals surface area contributed by atoms with Crippen LogP contribution in [0.5, 0.6) is 0 Å². The molecule has 0 aromatic carbocycles.